The SMILES string of the molecule is CNc1cc(C(=O)NCc2cccnn2)cc(C(C)C)n1. The van der Waals surface area contributed by atoms with E-state index in [0.29, 0.717) is 17.9 Å². The number of nitrogens with one attached hydrogen (secondary N) is 2. The molecule has 2 aromatic heterocycles. The van der Waals surface area contributed by atoms with Gasteiger partial charge in [-0.05, 0) is 30.2 Å². The molecule has 0 radical (unpaired) electrons. The lowest BCUT2D eigenvalue weighted by molar-refractivity contribution is 0.0950. The first kappa shape index (κ1) is 14.9. The van der Waals surface area contributed by atoms with Crippen LogP contribution in [0.15, 0.2) is 30.5 Å². The van der Waals surface area contributed by atoms with Gasteiger partial charge in [-0.2, -0.15) is 10.2 Å². The first-order valence-corrected chi connectivity index (χ1v) is 6.84. The largest absolute Gasteiger partial charge is 0.373 e. The fraction of sp³-hybridized carbons (Fsp3) is 0.333. The summed E-state index contributed by atoms with van der Waals surface area (Å²) in [6, 6.07) is 7.16. The average molecular weight is 285 g/mol. The number of carbonyl (C=O) groups excluding carboxylic acids is 1. The summed E-state index contributed by atoms with van der Waals surface area (Å²) in [4.78, 5) is 16.7. The number of hydrogen-bond acceptors (Lipinski definition) is 5. The van der Waals surface area contributed by atoms with E-state index in [1.165, 1.54) is 0 Å². The molecule has 0 atom stereocenters. The van der Waals surface area contributed by atoms with Gasteiger partial charge >= 0.3 is 0 Å². The van der Waals surface area contributed by atoms with Crippen LogP contribution < -0.4 is 10.6 Å². The van der Waals surface area contributed by atoms with E-state index in [9.17, 15) is 4.79 Å². The summed E-state index contributed by atoms with van der Waals surface area (Å²) in [6.07, 6.45) is 1.60. The van der Waals surface area contributed by atoms with Gasteiger partial charge < -0.3 is 10.6 Å². The van der Waals surface area contributed by atoms with Crippen molar-refractivity contribution in [2.24, 2.45) is 0 Å². The van der Waals surface area contributed by atoms with Gasteiger partial charge in [0.15, 0.2) is 0 Å². The van der Waals surface area contributed by atoms with Gasteiger partial charge in [-0.15, -0.1) is 0 Å². The van der Waals surface area contributed by atoms with Crippen LogP contribution in [0.1, 0.15) is 41.5 Å². The van der Waals surface area contributed by atoms with Crippen LogP contribution in [0.4, 0.5) is 5.82 Å². The Morgan fingerprint density at radius 3 is 2.76 bits per heavy atom. The Labute approximate surface area is 124 Å². The number of nitrogens with zero attached hydrogens (tertiary/aromatic N) is 3. The van der Waals surface area contributed by atoms with E-state index in [1.54, 1.807) is 25.4 Å². The molecule has 0 fully saturated rings. The van der Waals surface area contributed by atoms with Crippen LogP contribution in [0.2, 0.25) is 0 Å². The predicted octanol–water partition coefficient (Wildman–Crippen LogP) is 1.97. The number of aromatic nitrogens is 3. The predicted molar refractivity (Wildman–Crippen MR) is 81.1 cm³/mol. The third kappa shape index (κ3) is 3.98. The van der Waals surface area contributed by atoms with Crippen molar-refractivity contribution < 1.29 is 4.79 Å². The molecule has 0 aromatic carbocycles. The standard InChI is InChI=1S/C15H19N5O/c1-10(2)13-7-11(8-14(16-3)19-13)15(21)17-9-12-5-4-6-18-20-12/h4-8,10H,9H2,1-3H3,(H,16,19)(H,17,21). The lowest BCUT2D eigenvalue weighted by Gasteiger charge is -2.11. The molecule has 2 rings (SSSR count). The molecule has 0 aliphatic heterocycles. The van der Waals surface area contributed by atoms with Crippen LogP contribution in [0, 0.1) is 0 Å². The Hall–Kier alpha value is -2.50. The Kier molecular flexibility index (Phi) is 4.81. The summed E-state index contributed by atoms with van der Waals surface area (Å²) in [5, 5.41) is 13.5. The topological polar surface area (TPSA) is 79.8 Å². The van der Waals surface area contributed by atoms with Gasteiger partial charge in [-0.3, -0.25) is 4.79 Å². The molecule has 2 heterocycles. The molecule has 6 nitrogen and oxygen atoms in total. The minimum atomic E-state index is -0.151. The first-order chi connectivity index (χ1) is 10.1. The summed E-state index contributed by atoms with van der Waals surface area (Å²) in [5.74, 6) is 0.789. The number of amides is 1. The van der Waals surface area contributed by atoms with Crippen molar-refractivity contribution >= 4 is 11.7 Å². The summed E-state index contributed by atoms with van der Waals surface area (Å²) in [5.41, 5.74) is 2.19. The van der Waals surface area contributed by atoms with Crippen LogP contribution in [-0.4, -0.2) is 28.1 Å². The molecule has 0 saturated heterocycles. The van der Waals surface area contributed by atoms with E-state index in [4.69, 9.17) is 0 Å². The second kappa shape index (κ2) is 6.78. The highest BCUT2D eigenvalue weighted by Gasteiger charge is 2.11. The summed E-state index contributed by atoms with van der Waals surface area (Å²) in [7, 11) is 1.79. The van der Waals surface area contributed by atoms with Crippen LogP contribution in [0.3, 0.4) is 0 Å². The Balaban J connectivity index is 2.13. The van der Waals surface area contributed by atoms with Crippen LogP contribution in [0.25, 0.3) is 0 Å². The number of anilines is 1. The van der Waals surface area contributed by atoms with E-state index in [0.717, 1.165) is 11.4 Å². The second-order valence-corrected chi connectivity index (χ2v) is 4.97. The molecule has 6 heteroatoms. The number of carbonyl (C=O) groups is 1. The van der Waals surface area contributed by atoms with Gasteiger partial charge in [0.1, 0.15) is 5.82 Å². The van der Waals surface area contributed by atoms with Crippen LogP contribution in [-0.2, 0) is 6.54 Å². The first-order valence-electron chi connectivity index (χ1n) is 6.84. The van der Waals surface area contributed by atoms with E-state index < -0.39 is 0 Å². The minimum absolute atomic E-state index is 0.151. The summed E-state index contributed by atoms with van der Waals surface area (Å²) < 4.78 is 0. The molecule has 0 aliphatic rings. The maximum Gasteiger partial charge on any atom is 0.251 e. The Morgan fingerprint density at radius 2 is 2.14 bits per heavy atom. The molecule has 1 amide bonds. The van der Waals surface area contributed by atoms with E-state index in [2.05, 4.69) is 25.8 Å². The number of pyridine rings is 1. The molecule has 0 bridgehead atoms. The molecule has 0 saturated carbocycles. The fourth-order valence-corrected chi connectivity index (χ4v) is 1.81. The van der Waals surface area contributed by atoms with Gasteiger partial charge in [0, 0.05) is 24.5 Å². The van der Waals surface area contributed by atoms with Crippen LogP contribution in [0.5, 0.6) is 0 Å². The maximum atomic E-state index is 12.2. The zero-order valence-corrected chi connectivity index (χ0v) is 12.4. The second-order valence-electron chi connectivity index (χ2n) is 4.97. The van der Waals surface area contributed by atoms with Crippen molar-refractivity contribution in [1.29, 1.82) is 0 Å². The van der Waals surface area contributed by atoms with Gasteiger partial charge in [0.2, 0.25) is 0 Å². The molecular weight excluding hydrogens is 266 g/mol. The Morgan fingerprint density at radius 1 is 1.33 bits per heavy atom. The molecular formula is C15H19N5O. The highest BCUT2D eigenvalue weighted by Crippen LogP contribution is 2.17. The van der Waals surface area contributed by atoms with Crippen molar-refractivity contribution in [2.75, 3.05) is 12.4 Å². The lowest BCUT2D eigenvalue weighted by atomic mass is 10.1. The average Bonchev–Trinajstić information content (AvgIpc) is 2.53. The van der Waals surface area contributed by atoms with E-state index in [1.807, 2.05) is 26.0 Å². The van der Waals surface area contributed by atoms with Crippen molar-refractivity contribution in [1.82, 2.24) is 20.5 Å². The smallest absolute Gasteiger partial charge is 0.251 e. The van der Waals surface area contributed by atoms with Crippen molar-refractivity contribution in [2.45, 2.75) is 26.3 Å². The Bertz CT molecular complexity index is 613. The monoisotopic (exact) mass is 285 g/mol. The molecule has 0 spiro atoms. The quantitative estimate of drug-likeness (QED) is 0.878. The lowest BCUT2D eigenvalue weighted by Crippen LogP contribution is -2.24. The molecule has 2 N–H and O–H groups in total. The third-order valence-corrected chi connectivity index (χ3v) is 3.01. The molecule has 21 heavy (non-hydrogen) atoms. The molecule has 0 unspecified atom stereocenters. The third-order valence-electron chi connectivity index (χ3n) is 3.01. The maximum absolute atomic E-state index is 12.2. The highest BCUT2D eigenvalue weighted by molar-refractivity contribution is 5.95. The molecule has 0 aliphatic carbocycles. The van der Waals surface area contributed by atoms with Crippen molar-refractivity contribution in [3.05, 3.63) is 47.4 Å². The van der Waals surface area contributed by atoms with Crippen molar-refractivity contribution in [3.8, 4) is 0 Å². The normalized spacial score (nSPS) is 10.5. The summed E-state index contributed by atoms with van der Waals surface area (Å²) >= 11 is 0. The van der Waals surface area contributed by atoms with Crippen molar-refractivity contribution in [3.63, 3.8) is 0 Å². The summed E-state index contributed by atoms with van der Waals surface area (Å²) in [6.45, 7) is 4.44. The van der Waals surface area contributed by atoms with E-state index >= 15 is 0 Å². The number of hydrogen-bond donors (Lipinski definition) is 2. The molecule has 2 aromatic rings. The van der Waals surface area contributed by atoms with Gasteiger partial charge in [0.25, 0.3) is 5.91 Å². The zero-order valence-electron chi connectivity index (χ0n) is 12.4. The zero-order chi connectivity index (χ0) is 15.2. The van der Waals surface area contributed by atoms with E-state index in [-0.39, 0.29) is 11.8 Å². The van der Waals surface area contributed by atoms with Gasteiger partial charge in [-0.25, -0.2) is 4.98 Å². The highest BCUT2D eigenvalue weighted by atomic mass is 16.1. The molecule has 110 valence electrons. The number of rotatable bonds is 5. The minimum Gasteiger partial charge on any atom is -0.373 e. The fourth-order valence-electron chi connectivity index (χ4n) is 1.81. The van der Waals surface area contributed by atoms with Crippen LogP contribution >= 0.6 is 0 Å². The van der Waals surface area contributed by atoms with Gasteiger partial charge in [-0.1, -0.05) is 13.8 Å². The van der Waals surface area contributed by atoms with Gasteiger partial charge in [0.05, 0.1) is 12.2 Å².